The van der Waals surface area contributed by atoms with E-state index in [1.807, 2.05) is 0 Å². The lowest BCUT2D eigenvalue weighted by Gasteiger charge is -2.40. The highest BCUT2D eigenvalue weighted by atomic mass is 16.7. The number of carboxylic acid groups (broad SMARTS) is 1. The first-order chi connectivity index (χ1) is 30.6. The number of carbonyl (C=O) groups excluding carboxylic acids is 3. The van der Waals surface area contributed by atoms with E-state index >= 15 is 0 Å². The van der Waals surface area contributed by atoms with Gasteiger partial charge in [0.15, 0.2) is 24.6 Å². The molecule has 1 saturated heterocycles. The molecule has 0 radical (unpaired) electrons. The lowest BCUT2D eigenvalue weighted by atomic mass is 9.98. The predicted molar refractivity (Wildman–Crippen MR) is 248 cm³/mol. The van der Waals surface area contributed by atoms with Gasteiger partial charge in [-0.2, -0.15) is 0 Å². The highest BCUT2D eigenvalue weighted by Crippen LogP contribution is 2.26. The molecule has 362 valence electrons. The monoisotopic (exact) mass is 891 g/mol. The molecule has 12 heteroatoms. The molecule has 1 aliphatic rings. The summed E-state index contributed by atoms with van der Waals surface area (Å²) in [7, 11) is 0. The van der Waals surface area contributed by atoms with Crippen molar-refractivity contribution in [2.45, 2.75) is 237 Å². The van der Waals surface area contributed by atoms with E-state index in [0.29, 0.717) is 19.3 Å². The molecule has 6 atom stereocenters. The van der Waals surface area contributed by atoms with Gasteiger partial charge in [0.1, 0.15) is 18.8 Å². The van der Waals surface area contributed by atoms with Crippen LogP contribution in [0.15, 0.2) is 48.6 Å². The molecule has 0 aliphatic carbocycles. The lowest BCUT2D eigenvalue weighted by molar-refractivity contribution is -0.301. The zero-order valence-electron chi connectivity index (χ0n) is 39.3. The van der Waals surface area contributed by atoms with Gasteiger partial charge in [0.2, 0.25) is 0 Å². The summed E-state index contributed by atoms with van der Waals surface area (Å²) in [6.45, 7) is 5.74. The molecule has 0 aromatic carbocycles. The number of aliphatic hydroxyl groups excluding tert-OH is 2. The Labute approximate surface area is 380 Å². The molecule has 0 spiro atoms. The Kier molecular flexibility index (Phi) is 36.8. The number of carboxylic acids is 1. The Morgan fingerprint density at radius 1 is 0.540 bits per heavy atom. The minimum atomic E-state index is -1.90. The maximum atomic E-state index is 13.0. The molecular formula is C51H86O12. The molecule has 63 heavy (non-hydrogen) atoms. The summed E-state index contributed by atoms with van der Waals surface area (Å²) >= 11 is 0. The van der Waals surface area contributed by atoms with Crippen LogP contribution in [-0.4, -0.2) is 89.2 Å². The number of aliphatic hydroxyl groups is 2. The lowest BCUT2D eigenvalue weighted by Crippen LogP contribution is -2.61. The van der Waals surface area contributed by atoms with Crippen molar-refractivity contribution in [1.82, 2.24) is 0 Å². The zero-order valence-corrected chi connectivity index (χ0v) is 39.3. The zero-order chi connectivity index (χ0) is 46.2. The van der Waals surface area contributed by atoms with Crippen molar-refractivity contribution in [1.29, 1.82) is 0 Å². The highest BCUT2D eigenvalue weighted by molar-refractivity contribution is 5.74. The summed E-state index contributed by atoms with van der Waals surface area (Å²) in [6, 6.07) is 0. The summed E-state index contributed by atoms with van der Waals surface area (Å²) in [5, 5.41) is 31.2. The third-order valence-corrected chi connectivity index (χ3v) is 10.9. The van der Waals surface area contributed by atoms with Gasteiger partial charge < -0.3 is 39.0 Å². The van der Waals surface area contributed by atoms with Crippen molar-refractivity contribution in [3.8, 4) is 0 Å². The van der Waals surface area contributed by atoms with Crippen LogP contribution in [0.1, 0.15) is 201 Å². The van der Waals surface area contributed by atoms with Gasteiger partial charge in [-0.1, -0.05) is 172 Å². The standard InChI is InChI=1S/C51H86O12/c1-4-7-10-13-16-19-20-21-22-23-24-27-28-31-34-37-43(52)59-40-42(61-44(53)38-35-32-29-25-17-14-11-8-5-2)41-60-51-49(47(56)46(55)48(63-51)50(57)58)62-45(54)39-36-33-30-26-18-15-12-9-6-3/h7,10,16,19,21-22,24,27,42,46-49,51,55-56H,4-6,8-9,11-15,17-18,20,23,25-26,28-41H2,1-3H3,(H,57,58)/b10-7-,19-16-,22-21-,27-24-. The van der Waals surface area contributed by atoms with Crippen LogP contribution >= 0.6 is 0 Å². The smallest absolute Gasteiger partial charge is 0.335 e. The summed E-state index contributed by atoms with van der Waals surface area (Å²) in [5.74, 6) is -3.18. The molecule has 0 aromatic heterocycles. The first kappa shape index (κ1) is 57.7. The number of unbranched alkanes of at least 4 members (excludes halogenated alkanes) is 18. The molecule has 1 aliphatic heterocycles. The molecular weight excluding hydrogens is 805 g/mol. The van der Waals surface area contributed by atoms with Crippen molar-refractivity contribution < 1.29 is 58.2 Å². The van der Waals surface area contributed by atoms with E-state index in [-0.39, 0.29) is 25.9 Å². The van der Waals surface area contributed by atoms with Crippen LogP contribution in [0.3, 0.4) is 0 Å². The maximum Gasteiger partial charge on any atom is 0.335 e. The van der Waals surface area contributed by atoms with Gasteiger partial charge in [-0.05, 0) is 57.8 Å². The average molecular weight is 891 g/mol. The van der Waals surface area contributed by atoms with Gasteiger partial charge in [0.25, 0.3) is 0 Å². The molecule has 0 aromatic rings. The van der Waals surface area contributed by atoms with E-state index in [2.05, 4.69) is 69.4 Å². The van der Waals surface area contributed by atoms with Crippen LogP contribution < -0.4 is 0 Å². The van der Waals surface area contributed by atoms with Crippen LogP contribution in [0.2, 0.25) is 0 Å². The Hall–Kier alpha value is -3.32. The van der Waals surface area contributed by atoms with E-state index in [1.165, 1.54) is 57.8 Å². The van der Waals surface area contributed by atoms with Crippen molar-refractivity contribution in [2.24, 2.45) is 0 Å². The third-order valence-electron chi connectivity index (χ3n) is 10.9. The van der Waals surface area contributed by atoms with Crippen molar-refractivity contribution in [2.75, 3.05) is 13.2 Å². The Bertz CT molecular complexity index is 1290. The second-order valence-electron chi connectivity index (χ2n) is 16.7. The molecule has 12 nitrogen and oxygen atoms in total. The minimum Gasteiger partial charge on any atom is -0.479 e. The van der Waals surface area contributed by atoms with Crippen LogP contribution in [0, 0.1) is 0 Å². The largest absolute Gasteiger partial charge is 0.479 e. The van der Waals surface area contributed by atoms with E-state index in [9.17, 15) is 34.5 Å². The quantitative estimate of drug-likeness (QED) is 0.0230. The van der Waals surface area contributed by atoms with E-state index in [4.69, 9.17) is 23.7 Å². The second-order valence-corrected chi connectivity index (χ2v) is 16.7. The van der Waals surface area contributed by atoms with Crippen molar-refractivity contribution in [3.05, 3.63) is 48.6 Å². The summed E-state index contributed by atoms with van der Waals surface area (Å²) in [5.41, 5.74) is 0. The van der Waals surface area contributed by atoms with E-state index in [1.54, 1.807) is 0 Å². The molecule has 1 fully saturated rings. The Morgan fingerprint density at radius 3 is 1.52 bits per heavy atom. The normalized spacial score (nSPS) is 19.7. The molecule has 0 saturated carbocycles. The van der Waals surface area contributed by atoms with Crippen molar-refractivity contribution >= 4 is 23.9 Å². The first-order valence-corrected chi connectivity index (χ1v) is 24.6. The van der Waals surface area contributed by atoms with Crippen LogP contribution in [0.5, 0.6) is 0 Å². The van der Waals surface area contributed by atoms with Crippen LogP contribution in [0.25, 0.3) is 0 Å². The highest BCUT2D eigenvalue weighted by Gasteiger charge is 2.50. The number of esters is 3. The third kappa shape index (κ3) is 31.2. The Morgan fingerprint density at radius 2 is 1.00 bits per heavy atom. The Balaban J connectivity index is 2.76. The number of carbonyl (C=O) groups is 4. The minimum absolute atomic E-state index is 0.0583. The second kappa shape index (κ2) is 40.2. The number of hydrogen-bond acceptors (Lipinski definition) is 11. The fourth-order valence-electron chi connectivity index (χ4n) is 7.12. The number of hydrogen-bond donors (Lipinski definition) is 3. The average Bonchev–Trinajstić information content (AvgIpc) is 3.26. The molecule has 3 N–H and O–H groups in total. The molecule has 0 bridgehead atoms. The van der Waals surface area contributed by atoms with Gasteiger partial charge in [0.05, 0.1) is 6.61 Å². The molecule has 1 heterocycles. The molecule has 1 rings (SSSR count). The van der Waals surface area contributed by atoms with E-state index in [0.717, 1.165) is 83.5 Å². The number of aliphatic carboxylic acids is 1. The summed E-state index contributed by atoms with van der Waals surface area (Å²) < 4.78 is 28.1. The van der Waals surface area contributed by atoms with Gasteiger partial charge in [-0.3, -0.25) is 14.4 Å². The fraction of sp³-hybridized carbons (Fsp3) is 0.765. The molecule has 6 unspecified atom stereocenters. The number of ether oxygens (including phenoxy) is 5. The molecule has 0 amide bonds. The SMILES string of the molecule is CC/C=C\C/C=C\C/C=C\C/C=C\CCCCC(=O)OCC(COC1OC(C(=O)O)C(O)C(O)C1OC(=O)CCCCCCCCCCC)OC(=O)CCCCCCCCCCC. The van der Waals surface area contributed by atoms with E-state index < -0.39 is 67.3 Å². The summed E-state index contributed by atoms with van der Waals surface area (Å²) in [6.07, 6.45) is 32.8. The maximum absolute atomic E-state index is 13.0. The fourth-order valence-corrected chi connectivity index (χ4v) is 7.12. The van der Waals surface area contributed by atoms with Gasteiger partial charge in [-0.15, -0.1) is 0 Å². The van der Waals surface area contributed by atoms with Gasteiger partial charge in [0, 0.05) is 19.3 Å². The van der Waals surface area contributed by atoms with Gasteiger partial charge in [-0.25, -0.2) is 4.79 Å². The van der Waals surface area contributed by atoms with Gasteiger partial charge >= 0.3 is 23.9 Å². The predicted octanol–water partition coefficient (Wildman–Crippen LogP) is 11.1. The number of allylic oxidation sites excluding steroid dienone is 8. The summed E-state index contributed by atoms with van der Waals surface area (Å²) in [4.78, 5) is 50.5. The van der Waals surface area contributed by atoms with Crippen molar-refractivity contribution in [3.63, 3.8) is 0 Å². The number of rotatable bonds is 40. The topological polar surface area (TPSA) is 175 Å². The van der Waals surface area contributed by atoms with Crippen LogP contribution in [-0.2, 0) is 42.9 Å². The first-order valence-electron chi connectivity index (χ1n) is 24.6. The van der Waals surface area contributed by atoms with Crippen LogP contribution in [0.4, 0.5) is 0 Å².